The molecule has 0 saturated heterocycles. The van der Waals surface area contributed by atoms with Gasteiger partial charge in [0.05, 0.1) is 12.8 Å². The summed E-state index contributed by atoms with van der Waals surface area (Å²) in [4.78, 5) is 22.6. The van der Waals surface area contributed by atoms with Crippen LogP contribution in [0, 0.1) is 6.92 Å². The second kappa shape index (κ2) is 6.47. The van der Waals surface area contributed by atoms with Crippen LogP contribution in [0.1, 0.15) is 20.9 Å². The predicted molar refractivity (Wildman–Crippen MR) is 79.4 cm³/mol. The Morgan fingerprint density at radius 3 is 2.75 bits per heavy atom. The number of carbonyl (C=O) groups excluding carboxylic acids is 1. The molecule has 6 heteroatoms. The Hall–Kier alpha value is -1.95. The highest BCUT2D eigenvalue weighted by Crippen LogP contribution is 2.25. The summed E-state index contributed by atoms with van der Waals surface area (Å²) in [5.74, 6) is -0.325. The van der Waals surface area contributed by atoms with Crippen LogP contribution in [0.4, 0.5) is 5.13 Å². The van der Waals surface area contributed by atoms with Gasteiger partial charge in [-0.2, -0.15) is 0 Å². The molecule has 0 radical (unpaired) electrons. The van der Waals surface area contributed by atoms with E-state index < -0.39 is 0 Å². The molecular weight excluding hydrogens is 274 g/mol. The molecule has 0 amide bonds. The van der Waals surface area contributed by atoms with Crippen molar-refractivity contribution in [2.75, 3.05) is 25.6 Å². The molecular formula is C14H17N3O2S. The summed E-state index contributed by atoms with van der Waals surface area (Å²) in [6.07, 6.45) is 4.49. The van der Waals surface area contributed by atoms with Crippen LogP contribution in [0.3, 0.4) is 0 Å². The lowest BCUT2D eigenvalue weighted by atomic mass is 10.2. The third kappa shape index (κ3) is 3.33. The third-order valence-corrected chi connectivity index (χ3v) is 4.22. The van der Waals surface area contributed by atoms with Gasteiger partial charge in [-0.15, -0.1) is 0 Å². The number of hydrogen-bond acceptors (Lipinski definition) is 6. The quantitative estimate of drug-likeness (QED) is 0.791. The summed E-state index contributed by atoms with van der Waals surface area (Å²) in [7, 11) is 3.36. The van der Waals surface area contributed by atoms with Gasteiger partial charge in [0.25, 0.3) is 0 Å². The van der Waals surface area contributed by atoms with Crippen molar-refractivity contribution in [3.05, 3.63) is 40.7 Å². The lowest BCUT2D eigenvalue weighted by molar-refractivity contribution is 0.0605. The van der Waals surface area contributed by atoms with Crippen molar-refractivity contribution in [2.24, 2.45) is 0 Å². The molecule has 0 bridgehead atoms. The highest BCUT2D eigenvalue weighted by atomic mass is 32.1. The van der Waals surface area contributed by atoms with Gasteiger partial charge in [-0.3, -0.25) is 4.98 Å². The number of rotatable bonds is 5. The van der Waals surface area contributed by atoms with E-state index in [1.807, 2.05) is 31.0 Å². The molecule has 0 aromatic carbocycles. The second-order valence-corrected chi connectivity index (χ2v) is 5.41. The standard InChI is InChI=1S/C14H17N3O2S/c1-10-12(13(18)19-3)20-14(16-10)17(2)9-6-11-4-7-15-8-5-11/h4-5,7-8H,6,9H2,1-3H3. The van der Waals surface area contributed by atoms with Crippen LogP contribution in [-0.4, -0.2) is 36.6 Å². The number of aromatic nitrogens is 2. The molecule has 0 N–H and O–H groups in total. The van der Waals surface area contributed by atoms with Crippen LogP contribution < -0.4 is 4.90 Å². The number of esters is 1. The Bertz CT molecular complexity index is 583. The molecule has 0 aliphatic carbocycles. The molecule has 0 fully saturated rings. The maximum absolute atomic E-state index is 11.6. The fourth-order valence-corrected chi connectivity index (χ4v) is 2.74. The molecule has 2 aromatic rings. The summed E-state index contributed by atoms with van der Waals surface area (Å²) < 4.78 is 4.75. The Kier molecular flexibility index (Phi) is 4.68. The average molecular weight is 291 g/mol. The molecule has 20 heavy (non-hydrogen) atoms. The van der Waals surface area contributed by atoms with Crippen LogP contribution in [-0.2, 0) is 11.2 Å². The molecule has 5 nitrogen and oxygen atoms in total. The van der Waals surface area contributed by atoms with Crippen molar-refractivity contribution in [1.82, 2.24) is 9.97 Å². The molecule has 2 aromatic heterocycles. The highest BCUT2D eigenvalue weighted by molar-refractivity contribution is 7.17. The number of anilines is 1. The minimum atomic E-state index is -0.325. The van der Waals surface area contributed by atoms with Crippen molar-refractivity contribution in [1.29, 1.82) is 0 Å². The van der Waals surface area contributed by atoms with Gasteiger partial charge in [0.1, 0.15) is 4.88 Å². The Labute approximate surface area is 122 Å². The summed E-state index contributed by atoms with van der Waals surface area (Å²) >= 11 is 1.36. The molecule has 0 unspecified atom stereocenters. The Balaban J connectivity index is 2.02. The largest absolute Gasteiger partial charge is 0.465 e. The monoisotopic (exact) mass is 291 g/mol. The van der Waals surface area contributed by atoms with Gasteiger partial charge in [0.2, 0.25) is 0 Å². The first-order valence-electron chi connectivity index (χ1n) is 6.27. The van der Waals surface area contributed by atoms with E-state index in [1.165, 1.54) is 24.0 Å². The molecule has 2 heterocycles. The van der Waals surface area contributed by atoms with Crippen LogP contribution in [0.25, 0.3) is 0 Å². The van der Waals surface area contributed by atoms with Gasteiger partial charge in [0.15, 0.2) is 5.13 Å². The predicted octanol–water partition coefficient (Wildman–Crippen LogP) is 2.31. The minimum absolute atomic E-state index is 0.325. The number of carbonyl (C=O) groups is 1. The van der Waals surface area contributed by atoms with E-state index in [1.54, 1.807) is 12.4 Å². The number of hydrogen-bond donors (Lipinski definition) is 0. The highest BCUT2D eigenvalue weighted by Gasteiger charge is 2.17. The van der Waals surface area contributed by atoms with E-state index in [4.69, 9.17) is 4.74 Å². The van der Waals surface area contributed by atoms with E-state index in [-0.39, 0.29) is 5.97 Å². The first-order valence-corrected chi connectivity index (χ1v) is 7.09. The Morgan fingerprint density at radius 1 is 1.40 bits per heavy atom. The molecule has 0 saturated carbocycles. The van der Waals surface area contributed by atoms with Crippen molar-refractivity contribution in [3.63, 3.8) is 0 Å². The molecule has 0 aliphatic heterocycles. The van der Waals surface area contributed by atoms with E-state index in [2.05, 4.69) is 9.97 Å². The van der Waals surface area contributed by atoms with Gasteiger partial charge >= 0.3 is 5.97 Å². The SMILES string of the molecule is COC(=O)c1sc(N(C)CCc2ccncc2)nc1C. The molecule has 106 valence electrons. The first kappa shape index (κ1) is 14.5. The first-order chi connectivity index (χ1) is 9.61. The van der Waals surface area contributed by atoms with Crippen LogP contribution in [0.15, 0.2) is 24.5 Å². The number of thiazole rings is 1. The Morgan fingerprint density at radius 2 is 2.10 bits per heavy atom. The second-order valence-electron chi connectivity index (χ2n) is 4.43. The van der Waals surface area contributed by atoms with Gasteiger partial charge < -0.3 is 9.64 Å². The zero-order valence-corrected chi connectivity index (χ0v) is 12.6. The molecule has 0 aliphatic rings. The normalized spacial score (nSPS) is 10.3. The van der Waals surface area contributed by atoms with Crippen LogP contribution >= 0.6 is 11.3 Å². The number of methoxy groups -OCH3 is 1. The van der Waals surface area contributed by atoms with Crippen LogP contribution in [0.5, 0.6) is 0 Å². The van der Waals surface area contributed by atoms with Gasteiger partial charge in [0, 0.05) is 26.0 Å². The maximum Gasteiger partial charge on any atom is 0.350 e. The zero-order chi connectivity index (χ0) is 14.5. The summed E-state index contributed by atoms with van der Waals surface area (Å²) in [5, 5.41) is 0.831. The van der Waals surface area contributed by atoms with Crippen molar-refractivity contribution < 1.29 is 9.53 Å². The lowest BCUT2D eigenvalue weighted by Gasteiger charge is -2.15. The van der Waals surface area contributed by atoms with Gasteiger partial charge in [-0.25, -0.2) is 9.78 Å². The zero-order valence-electron chi connectivity index (χ0n) is 11.8. The number of aryl methyl sites for hydroxylation is 1. The van der Waals surface area contributed by atoms with Crippen LogP contribution in [0.2, 0.25) is 0 Å². The van der Waals surface area contributed by atoms with E-state index in [0.717, 1.165) is 18.1 Å². The summed E-state index contributed by atoms with van der Waals surface area (Å²) in [6, 6.07) is 4.00. The van der Waals surface area contributed by atoms with E-state index in [0.29, 0.717) is 10.6 Å². The lowest BCUT2D eigenvalue weighted by Crippen LogP contribution is -2.20. The summed E-state index contributed by atoms with van der Waals surface area (Å²) in [6.45, 7) is 2.65. The minimum Gasteiger partial charge on any atom is -0.465 e. The summed E-state index contributed by atoms with van der Waals surface area (Å²) in [5.41, 5.74) is 1.95. The van der Waals surface area contributed by atoms with E-state index in [9.17, 15) is 4.79 Å². The average Bonchev–Trinajstić information content (AvgIpc) is 2.87. The van der Waals surface area contributed by atoms with E-state index >= 15 is 0 Å². The molecule has 0 atom stereocenters. The molecule has 0 spiro atoms. The number of pyridine rings is 1. The molecule has 2 rings (SSSR count). The van der Waals surface area contributed by atoms with Gasteiger partial charge in [-0.1, -0.05) is 11.3 Å². The maximum atomic E-state index is 11.6. The number of ether oxygens (including phenoxy) is 1. The van der Waals surface area contributed by atoms with Gasteiger partial charge in [-0.05, 0) is 31.0 Å². The fourth-order valence-electron chi connectivity index (χ4n) is 1.77. The number of likely N-dealkylation sites (N-methyl/N-ethyl adjacent to an activating group) is 1. The van der Waals surface area contributed by atoms with Crippen molar-refractivity contribution in [3.8, 4) is 0 Å². The third-order valence-electron chi connectivity index (χ3n) is 2.97. The smallest absolute Gasteiger partial charge is 0.350 e. The fraction of sp³-hybridized carbons (Fsp3) is 0.357. The van der Waals surface area contributed by atoms with Crippen molar-refractivity contribution in [2.45, 2.75) is 13.3 Å². The number of nitrogens with zero attached hydrogens (tertiary/aromatic N) is 3. The topological polar surface area (TPSA) is 55.3 Å². The van der Waals surface area contributed by atoms with Crippen molar-refractivity contribution >= 4 is 22.4 Å².